The molecule has 0 aliphatic heterocycles. The monoisotopic (exact) mass is 300 g/mol. The number of phenolic OH excluding ortho intramolecular Hbond substituents is 1. The number of Topliss-reactive ketones (excluding diaryl/α,β-unsaturated/α-hetero) is 1. The van der Waals surface area contributed by atoms with Crippen LogP contribution < -0.4 is 4.74 Å². The largest absolute Gasteiger partial charge is 0.504 e. The first-order valence-corrected chi connectivity index (χ1v) is 8.47. The average molecular weight is 300 g/mol. The first-order chi connectivity index (χ1) is 10.5. The van der Waals surface area contributed by atoms with Gasteiger partial charge in [-0.25, -0.2) is 0 Å². The number of hydrogen-bond donors (Lipinski definition) is 1. The molecule has 3 heteroatoms. The number of phenols is 1. The van der Waals surface area contributed by atoms with Gasteiger partial charge in [0.2, 0.25) is 0 Å². The summed E-state index contributed by atoms with van der Waals surface area (Å²) in [5.74, 6) is 3.01. The zero-order valence-corrected chi connectivity index (χ0v) is 13.4. The Labute approximate surface area is 131 Å². The second-order valence-electron chi connectivity index (χ2n) is 7.56. The Bertz CT molecular complexity index is 636. The van der Waals surface area contributed by atoms with Crippen molar-refractivity contribution in [1.29, 1.82) is 0 Å². The van der Waals surface area contributed by atoms with Crippen LogP contribution in [0.1, 0.15) is 56.1 Å². The van der Waals surface area contributed by atoms with E-state index in [2.05, 4.69) is 6.92 Å². The number of aryl methyl sites for hydroxylation is 1. The van der Waals surface area contributed by atoms with E-state index in [-0.39, 0.29) is 11.2 Å². The second kappa shape index (κ2) is 4.74. The van der Waals surface area contributed by atoms with Crippen LogP contribution in [0.2, 0.25) is 0 Å². The molecule has 4 atom stereocenters. The molecule has 0 amide bonds. The molecule has 0 saturated heterocycles. The molecular weight excluding hydrogens is 276 g/mol. The number of ether oxygens (including phenoxy) is 1. The molecule has 0 aromatic heterocycles. The minimum atomic E-state index is -0.0698. The maximum Gasteiger partial charge on any atom is 0.160 e. The summed E-state index contributed by atoms with van der Waals surface area (Å²) >= 11 is 0. The molecular formula is C19H24O3. The van der Waals surface area contributed by atoms with Crippen LogP contribution in [0.25, 0.3) is 0 Å². The molecule has 0 spiro atoms. The number of carbonyl (C=O) groups is 1. The van der Waals surface area contributed by atoms with Crippen LogP contribution in [0.4, 0.5) is 0 Å². The first kappa shape index (κ1) is 14.1. The summed E-state index contributed by atoms with van der Waals surface area (Å²) in [7, 11) is 1.61. The summed E-state index contributed by atoms with van der Waals surface area (Å²) in [5.41, 5.74) is 2.56. The fourth-order valence-electron chi connectivity index (χ4n) is 5.52. The van der Waals surface area contributed by atoms with Crippen LogP contribution in [0.3, 0.4) is 0 Å². The predicted molar refractivity (Wildman–Crippen MR) is 84.3 cm³/mol. The van der Waals surface area contributed by atoms with Gasteiger partial charge in [0, 0.05) is 11.8 Å². The van der Waals surface area contributed by atoms with Gasteiger partial charge in [0.1, 0.15) is 5.78 Å². The van der Waals surface area contributed by atoms with Gasteiger partial charge in [-0.1, -0.05) is 6.92 Å². The van der Waals surface area contributed by atoms with Crippen molar-refractivity contribution in [2.24, 2.45) is 17.3 Å². The van der Waals surface area contributed by atoms with Gasteiger partial charge in [-0.2, -0.15) is 0 Å². The van der Waals surface area contributed by atoms with Crippen molar-refractivity contribution in [3.05, 3.63) is 23.3 Å². The van der Waals surface area contributed by atoms with Gasteiger partial charge in [-0.05, 0) is 73.1 Å². The Hall–Kier alpha value is -1.51. The van der Waals surface area contributed by atoms with Crippen LogP contribution in [-0.2, 0) is 11.2 Å². The third-order valence-electron chi connectivity index (χ3n) is 6.73. The van der Waals surface area contributed by atoms with Crippen molar-refractivity contribution < 1.29 is 14.6 Å². The van der Waals surface area contributed by atoms with Crippen LogP contribution in [0.5, 0.6) is 11.5 Å². The van der Waals surface area contributed by atoms with E-state index in [0.29, 0.717) is 29.3 Å². The Kier molecular flexibility index (Phi) is 3.04. The van der Waals surface area contributed by atoms with E-state index < -0.39 is 0 Å². The van der Waals surface area contributed by atoms with Crippen molar-refractivity contribution in [3.63, 3.8) is 0 Å². The van der Waals surface area contributed by atoms with E-state index in [4.69, 9.17) is 4.74 Å². The van der Waals surface area contributed by atoms with Crippen LogP contribution in [0, 0.1) is 17.3 Å². The van der Waals surface area contributed by atoms with E-state index in [1.54, 1.807) is 7.11 Å². The molecule has 0 bridgehead atoms. The summed E-state index contributed by atoms with van der Waals surface area (Å²) in [4.78, 5) is 12.3. The topological polar surface area (TPSA) is 46.5 Å². The first-order valence-electron chi connectivity index (χ1n) is 8.47. The van der Waals surface area contributed by atoms with Crippen molar-refractivity contribution in [1.82, 2.24) is 0 Å². The average Bonchev–Trinajstić information content (AvgIpc) is 2.82. The Balaban J connectivity index is 1.74. The van der Waals surface area contributed by atoms with E-state index >= 15 is 0 Å². The highest BCUT2D eigenvalue weighted by atomic mass is 16.5. The van der Waals surface area contributed by atoms with Crippen LogP contribution in [-0.4, -0.2) is 18.0 Å². The van der Waals surface area contributed by atoms with Crippen molar-refractivity contribution in [3.8, 4) is 11.5 Å². The molecule has 2 saturated carbocycles. The van der Waals surface area contributed by atoms with E-state index in [1.165, 1.54) is 11.1 Å². The highest BCUT2D eigenvalue weighted by Gasteiger charge is 2.54. The minimum Gasteiger partial charge on any atom is -0.504 e. The van der Waals surface area contributed by atoms with Gasteiger partial charge < -0.3 is 9.84 Å². The van der Waals surface area contributed by atoms with Crippen molar-refractivity contribution in [2.45, 2.75) is 51.4 Å². The number of aromatic hydroxyl groups is 1. The lowest BCUT2D eigenvalue weighted by atomic mass is 9.55. The van der Waals surface area contributed by atoms with Gasteiger partial charge in [-0.3, -0.25) is 4.79 Å². The number of ketones is 1. The van der Waals surface area contributed by atoms with Gasteiger partial charge in [0.15, 0.2) is 11.5 Å². The number of rotatable bonds is 1. The van der Waals surface area contributed by atoms with Crippen molar-refractivity contribution >= 4 is 5.78 Å². The molecule has 3 nitrogen and oxygen atoms in total. The maximum absolute atomic E-state index is 12.3. The summed E-state index contributed by atoms with van der Waals surface area (Å²) in [6.45, 7) is 2.20. The zero-order chi connectivity index (χ0) is 15.5. The van der Waals surface area contributed by atoms with E-state index in [9.17, 15) is 9.90 Å². The maximum atomic E-state index is 12.3. The molecule has 0 heterocycles. The van der Waals surface area contributed by atoms with Gasteiger partial charge in [-0.15, -0.1) is 0 Å². The van der Waals surface area contributed by atoms with E-state index in [1.807, 2.05) is 12.1 Å². The molecule has 1 aromatic rings. The molecule has 1 aromatic carbocycles. The zero-order valence-electron chi connectivity index (χ0n) is 13.4. The smallest absolute Gasteiger partial charge is 0.160 e. The second-order valence-corrected chi connectivity index (χ2v) is 7.56. The number of benzene rings is 1. The SMILES string of the molecule is COc1cc2c(cc1O)CC[C@@H]1[C@@H]2CCC2(C)C(=O)CC[C@@H]12. The number of fused-ring (bicyclic) bond motifs is 5. The molecule has 3 aliphatic rings. The van der Waals surface area contributed by atoms with Crippen LogP contribution >= 0.6 is 0 Å². The summed E-state index contributed by atoms with van der Waals surface area (Å²) in [6, 6.07) is 3.93. The molecule has 22 heavy (non-hydrogen) atoms. The predicted octanol–water partition coefficient (Wildman–Crippen LogP) is 3.83. The lowest BCUT2D eigenvalue weighted by Gasteiger charge is -2.48. The lowest BCUT2D eigenvalue weighted by Crippen LogP contribution is -2.42. The number of carbonyl (C=O) groups excluding carboxylic acids is 1. The molecule has 4 rings (SSSR count). The Morgan fingerprint density at radius 2 is 2.05 bits per heavy atom. The van der Waals surface area contributed by atoms with Gasteiger partial charge in [0.05, 0.1) is 7.11 Å². The third-order valence-corrected chi connectivity index (χ3v) is 6.73. The van der Waals surface area contributed by atoms with E-state index in [0.717, 1.165) is 38.5 Å². The molecule has 1 unspecified atom stereocenters. The molecule has 2 fully saturated rings. The van der Waals surface area contributed by atoms with Crippen molar-refractivity contribution in [2.75, 3.05) is 7.11 Å². The fourth-order valence-corrected chi connectivity index (χ4v) is 5.52. The summed E-state index contributed by atoms with van der Waals surface area (Å²) in [5, 5.41) is 10.0. The van der Waals surface area contributed by atoms with Crippen LogP contribution in [0.15, 0.2) is 12.1 Å². The highest BCUT2D eigenvalue weighted by molar-refractivity contribution is 5.87. The molecule has 0 radical (unpaired) electrons. The fraction of sp³-hybridized carbons (Fsp3) is 0.632. The molecule has 3 aliphatic carbocycles. The molecule has 118 valence electrons. The van der Waals surface area contributed by atoms with Gasteiger partial charge >= 0.3 is 0 Å². The number of hydrogen-bond acceptors (Lipinski definition) is 3. The minimum absolute atomic E-state index is 0.0698. The quantitative estimate of drug-likeness (QED) is 0.857. The Morgan fingerprint density at radius 3 is 2.82 bits per heavy atom. The normalized spacial score (nSPS) is 36.5. The third kappa shape index (κ3) is 1.77. The Morgan fingerprint density at radius 1 is 1.23 bits per heavy atom. The number of methoxy groups -OCH3 is 1. The lowest BCUT2D eigenvalue weighted by molar-refractivity contribution is -0.129. The molecule has 1 N–H and O–H groups in total. The summed E-state index contributed by atoms with van der Waals surface area (Å²) in [6.07, 6.45) is 6.10. The highest BCUT2D eigenvalue weighted by Crippen LogP contribution is 2.60. The van der Waals surface area contributed by atoms with Gasteiger partial charge in [0.25, 0.3) is 0 Å². The summed E-state index contributed by atoms with van der Waals surface area (Å²) < 4.78 is 5.31. The standard InChI is InChI=1S/C19H24O3/c1-19-8-7-12-13(15(19)5-6-18(19)21)4-3-11-9-16(20)17(22-2)10-14(11)12/h9-10,12-13,15,20H,3-8H2,1-2H3/t12-,13+,15-,19?/m0/s1.